The monoisotopic (exact) mass is 196 g/mol. The van der Waals surface area contributed by atoms with Crippen molar-refractivity contribution < 1.29 is 14.6 Å². The Morgan fingerprint density at radius 2 is 2.43 bits per heavy atom. The molecule has 0 spiro atoms. The summed E-state index contributed by atoms with van der Waals surface area (Å²) in [6.45, 7) is 1.14. The highest BCUT2D eigenvalue weighted by Crippen LogP contribution is 2.12. The minimum atomic E-state index is -1.26. The van der Waals surface area contributed by atoms with Gasteiger partial charge in [0.2, 0.25) is 0 Å². The first-order valence-corrected chi connectivity index (χ1v) is 4.16. The minimum absolute atomic E-state index is 0.200. The quantitative estimate of drug-likeness (QED) is 0.668. The predicted molar refractivity (Wildman–Crippen MR) is 45.6 cm³/mol. The summed E-state index contributed by atoms with van der Waals surface area (Å²) in [5.74, 6) is -1.26. The van der Waals surface area contributed by atoms with Gasteiger partial charge in [-0.2, -0.15) is 4.98 Å². The van der Waals surface area contributed by atoms with Crippen LogP contribution in [0, 0.1) is 0 Å². The molecule has 0 atom stereocenters. The van der Waals surface area contributed by atoms with E-state index in [0.717, 1.165) is 6.42 Å². The van der Waals surface area contributed by atoms with Gasteiger partial charge >= 0.3 is 5.97 Å². The van der Waals surface area contributed by atoms with Gasteiger partial charge < -0.3 is 14.4 Å². The number of nitrogens with zero attached hydrogens (tertiary/aromatic N) is 2. The normalized spacial score (nSPS) is 14.3. The molecule has 0 aliphatic carbocycles. The van der Waals surface area contributed by atoms with Crippen LogP contribution in [0.2, 0.25) is 0 Å². The molecule has 6 heteroatoms. The number of carboxylic acid groups (broad SMARTS) is 1. The Bertz CT molecular complexity index is 437. The smallest absolute Gasteiger partial charge is 0.342 e. The van der Waals surface area contributed by atoms with E-state index in [4.69, 9.17) is 9.84 Å². The Kier molecular flexibility index (Phi) is 1.95. The summed E-state index contributed by atoms with van der Waals surface area (Å²) in [7, 11) is 0. The SMILES string of the molecule is O=C(O)c1cn2c(nc1=O)OCCC2. The van der Waals surface area contributed by atoms with E-state index in [9.17, 15) is 9.59 Å². The molecule has 0 saturated carbocycles. The summed E-state index contributed by atoms with van der Waals surface area (Å²) in [4.78, 5) is 25.3. The van der Waals surface area contributed by atoms with E-state index < -0.39 is 11.5 Å². The molecule has 1 aromatic heterocycles. The fourth-order valence-electron chi connectivity index (χ4n) is 1.30. The van der Waals surface area contributed by atoms with Crippen molar-refractivity contribution in [3.8, 4) is 6.01 Å². The third-order valence-electron chi connectivity index (χ3n) is 1.96. The molecule has 14 heavy (non-hydrogen) atoms. The number of aromatic nitrogens is 2. The van der Waals surface area contributed by atoms with Crippen molar-refractivity contribution in [3.05, 3.63) is 22.1 Å². The van der Waals surface area contributed by atoms with Gasteiger partial charge in [-0.05, 0) is 6.42 Å². The zero-order valence-electron chi connectivity index (χ0n) is 7.27. The maximum absolute atomic E-state index is 11.1. The molecule has 1 aliphatic heterocycles. The molecule has 6 nitrogen and oxygen atoms in total. The van der Waals surface area contributed by atoms with Gasteiger partial charge in [-0.15, -0.1) is 0 Å². The molecule has 2 rings (SSSR count). The Hall–Kier alpha value is -1.85. The molecule has 0 bridgehead atoms. The molecule has 0 fully saturated rings. The summed E-state index contributed by atoms with van der Waals surface area (Å²) in [5.41, 5.74) is -1.08. The van der Waals surface area contributed by atoms with E-state index in [-0.39, 0.29) is 11.6 Å². The second kappa shape index (κ2) is 3.13. The van der Waals surface area contributed by atoms with Crippen molar-refractivity contribution in [2.45, 2.75) is 13.0 Å². The lowest BCUT2D eigenvalue weighted by Gasteiger charge is -2.17. The maximum Gasteiger partial charge on any atom is 0.342 e. The Labute approximate surface area is 78.8 Å². The van der Waals surface area contributed by atoms with Crippen LogP contribution in [0.5, 0.6) is 6.01 Å². The molecular formula is C8H8N2O4. The van der Waals surface area contributed by atoms with Crippen LogP contribution in [0.25, 0.3) is 0 Å². The van der Waals surface area contributed by atoms with Crippen molar-refractivity contribution in [1.29, 1.82) is 0 Å². The zero-order chi connectivity index (χ0) is 10.1. The second-order valence-electron chi connectivity index (χ2n) is 2.94. The van der Waals surface area contributed by atoms with Crippen LogP contribution < -0.4 is 10.3 Å². The van der Waals surface area contributed by atoms with Gasteiger partial charge in [-0.1, -0.05) is 0 Å². The average molecular weight is 196 g/mol. The number of hydrogen-bond donors (Lipinski definition) is 1. The Morgan fingerprint density at radius 3 is 3.14 bits per heavy atom. The van der Waals surface area contributed by atoms with Crippen molar-refractivity contribution in [1.82, 2.24) is 9.55 Å². The summed E-state index contributed by atoms with van der Waals surface area (Å²) in [5, 5.41) is 8.67. The van der Waals surface area contributed by atoms with E-state index in [2.05, 4.69) is 4.98 Å². The highest BCUT2D eigenvalue weighted by atomic mass is 16.5. The fraction of sp³-hybridized carbons (Fsp3) is 0.375. The molecule has 1 aromatic rings. The van der Waals surface area contributed by atoms with E-state index in [1.165, 1.54) is 10.8 Å². The first-order chi connectivity index (χ1) is 6.68. The third-order valence-corrected chi connectivity index (χ3v) is 1.96. The number of hydrogen-bond acceptors (Lipinski definition) is 4. The Balaban J connectivity index is 2.56. The minimum Gasteiger partial charge on any atom is -0.477 e. The van der Waals surface area contributed by atoms with E-state index in [1.54, 1.807) is 0 Å². The first kappa shape index (κ1) is 8.74. The van der Waals surface area contributed by atoms with Gasteiger partial charge in [0, 0.05) is 12.7 Å². The van der Waals surface area contributed by atoms with Crippen molar-refractivity contribution in [2.75, 3.05) is 6.61 Å². The molecule has 1 aliphatic rings. The average Bonchev–Trinajstić information content (AvgIpc) is 2.16. The van der Waals surface area contributed by atoms with Gasteiger partial charge in [0.1, 0.15) is 5.56 Å². The highest BCUT2D eigenvalue weighted by Gasteiger charge is 2.16. The number of fused-ring (bicyclic) bond motifs is 1. The van der Waals surface area contributed by atoms with Gasteiger partial charge in [0.05, 0.1) is 6.61 Å². The number of carboxylic acids is 1. The van der Waals surface area contributed by atoms with Crippen LogP contribution in [-0.2, 0) is 6.54 Å². The number of aromatic carboxylic acids is 1. The summed E-state index contributed by atoms with van der Waals surface area (Å²) in [6.07, 6.45) is 2.06. The lowest BCUT2D eigenvalue weighted by atomic mass is 10.3. The molecule has 0 saturated heterocycles. The van der Waals surface area contributed by atoms with E-state index in [0.29, 0.717) is 13.2 Å². The molecular weight excluding hydrogens is 188 g/mol. The summed E-state index contributed by atoms with van der Waals surface area (Å²) < 4.78 is 6.63. The first-order valence-electron chi connectivity index (χ1n) is 4.16. The number of aryl methyl sites for hydroxylation is 1. The second-order valence-corrected chi connectivity index (χ2v) is 2.94. The molecule has 74 valence electrons. The summed E-state index contributed by atoms with van der Waals surface area (Å²) in [6, 6.07) is 0.200. The van der Waals surface area contributed by atoms with E-state index >= 15 is 0 Å². The standard InChI is InChI=1S/C8H8N2O4/c11-6-5(7(12)13)4-10-2-1-3-14-8(10)9-6/h4H,1-3H2,(H,12,13). The van der Waals surface area contributed by atoms with Gasteiger partial charge in [0.15, 0.2) is 0 Å². The molecule has 0 amide bonds. The largest absolute Gasteiger partial charge is 0.477 e. The van der Waals surface area contributed by atoms with Crippen LogP contribution in [0.1, 0.15) is 16.8 Å². The topological polar surface area (TPSA) is 81.4 Å². The molecule has 1 N–H and O–H groups in total. The van der Waals surface area contributed by atoms with Crippen LogP contribution in [-0.4, -0.2) is 27.2 Å². The fourth-order valence-corrected chi connectivity index (χ4v) is 1.30. The molecule has 2 heterocycles. The molecule has 0 aromatic carbocycles. The van der Waals surface area contributed by atoms with Crippen LogP contribution in [0.4, 0.5) is 0 Å². The van der Waals surface area contributed by atoms with Crippen LogP contribution >= 0.6 is 0 Å². The van der Waals surface area contributed by atoms with Gasteiger partial charge in [0.25, 0.3) is 11.6 Å². The lowest BCUT2D eigenvalue weighted by Crippen LogP contribution is -2.26. The van der Waals surface area contributed by atoms with Gasteiger partial charge in [-0.3, -0.25) is 4.79 Å². The number of ether oxygens (including phenoxy) is 1. The van der Waals surface area contributed by atoms with Gasteiger partial charge in [-0.25, -0.2) is 4.79 Å². The molecule has 0 radical (unpaired) electrons. The van der Waals surface area contributed by atoms with Crippen LogP contribution in [0.3, 0.4) is 0 Å². The predicted octanol–water partition coefficient (Wildman–Crippen LogP) is -0.276. The van der Waals surface area contributed by atoms with Crippen molar-refractivity contribution in [2.24, 2.45) is 0 Å². The summed E-state index contributed by atoms with van der Waals surface area (Å²) >= 11 is 0. The highest BCUT2D eigenvalue weighted by molar-refractivity contribution is 5.86. The lowest BCUT2D eigenvalue weighted by molar-refractivity contribution is 0.0692. The third kappa shape index (κ3) is 1.34. The van der Waals surface area contributed by atoms with E-state index in [1.807, 2.05) is 0 Å². The van der Waals surface area contributed by atoms with Crippen molar-refractivity contribution in [3.63, 3.8) is 0 Å². The van der Waals surface area contributed by atoms with Crippen molar-refractivity contribution >= 4 is 5.97 Å². The molecule has 0 unspecified atom stereocenters. The number of rotatable bonds is 1. The maximum atomic E-state index is 11.1. The van der Waals surface area contributed by atoms with Crippen LogP contribution in [0.15, 0.2) is 11.0 Å². The zero-order valence-corrected chi connectivity index (χ0v) is 7.27. The number of carbonyl (C=O) groups is 1. The Morgan fingerprint density at radius 1 is 1.64 bits per heavy atom.